The van der Waals surface area contributed by atoms with E-state index in [1.165, 1.54) is 58.2 Å². The molecule has 1 saturated heterocycles. The Hall–Kier alpha value is -3.87. The molecule has 204 valence electrons. The van der Waals surface area contributed by atoms with Crippen molar-refractivity contribution in [3.63, 3.8) is 0 Å². The summed E-state index contributed by atoms with van der Waals surface area (Å²) in [6.07, 6.45) is -1.77. The Kier molecular flexibility index (Phi) is 7.83. The summed E-state index contributed by atoms with van der Waals surface area (Å²) in [6, 6.07) is 17.4. The van der Waals surface area contributed by atoms with Crippen molar-refractivity contribution in [3.8, 4) is 22.8 Å². The molecule has 14 heteroatoms. The van der Waals surface area contributed by atoms with Crippen molar-refractivity contribution in [1.82, 2.24) is 14.8 Å². The number of nitrogens with zero attached hydrogens (tertiary/aromatic N) is 6. The number of ether oxygens (including phenoxy) is 1. The minimum absolute atomic E-state index is 0.198. The van der Waals surface area contributed by atoms with Crippen LogP contribution in [0.1, 0.15) is 12.5 Å². The van der Waals surface area contributed by atoms with Crippen LogP contribution in [0.25, 0.3) is 17.1 Å². The number of rotatable bonds is 6. The molecule has 1 unspecified atom stereocenters. The number of hydrogen-bond donors (Lipinski definition) is 0. The maximum absolute atomic E-state index is 12.8. The lowest BCUT2D eigenvalue weighted by molar-refractivity contribution is -0.274. The van der Waals surface area contributed by atoms with E-state index in [2.05, 4.69) is 25.0 Å². The van der Waals surface area contributed by atoms with E-state index >= 15 is 0 Å². The third kappa shape index (κ3) is 6.14. The van der Waals surface area contributed by atoms with Crippen LogP contribution in [0.5, 0.6) is 5.75 Å². The zero-order valence-electron chi connectivity index (χ0n) is 20.4. The Morgan fingerprint density at radius 1 is 1.02 bits per heavy atom. The van der Waals surface area contributed by atoms with Crippen LogP contribution in [0.2, 0.25) is 10.0 Å². The maximum Gasteiger partial charge on any atom is 0.573 e. The van der Waals surface area contributed by atoms with Gasteiger partial charge in [-0.25, -0.2) is 9.67 Å². The lowest BCUT2D eigenvalue weighted by atomic mass is 10.1. The van der Waals surface area contributed by atoms with Gasteiger partial charge in [0.05, 0.1) is 32.9 Å². The summed E-state index contributed by atoms with van der Waals surface area (Å²) in [5, 5.41) is 13.4. The molecule has 0 bridgehead atoms. The minimum atomic E-state index is -4.76. The molecule has 0 N–H and O–H groups in total. The molecule has 5 rings (SSSR count). The molecular weight excluding hydrogens is 588 g/mol. The molecule has 1 aromatic heterocycles. The Morgan fingerprint density at radius 2 is 1.70 bits per heavy atom. The fourth-order valence-electron chi connectivity index (χ4n) is 3.70. The number of amides is 1. The average Bonchev–Trinajstić information content (AvgIpc) is 3.50. The molecule has 40 heavy (non-hydrogen) atoms. The molecule has 2 heterocycles. The van der Waals surface area contributed by atoms with E-state index in [0.29, 0.717) is 38.0 Å². The number of halogens is 5. The third-order valence-electron chi connectivity index (χ3n) is 5.55. The molecule has 0 spiro atoms. The fourth-order valence-corrected chi connectivity index (χ4v) is 5.17. The number of thioether (sulfide) groups is 1. The summed E-state index contributed by atoms with van der Waals surface area (Å²) >= 11 is 13.9. The summed E-state index contributed by atoms with van der Waals surface area (Å²) in [4.78, 5) is 18.4. The minimum Gasteiger partial charge on any atom is -0.406 e. The van der Waals surface area contributed by atoms with Crippen LogP contribution >= 0.6 is 35.0 Å². The van der Waals surface area contributed by atoms with Crippen molar-refractivity contribution in [2.24, 2.45) is 10.2 Å². The number of alkyl halides is 3. The molecule has 0 saturated carbocycles. The standard InChI is InChI=1S/C26H17Cl2F3N6O2S/c1-15-24(38)37(22-20(27)3-2-4-21(22)28)25(40-15)34-33-13-16-5-7-17(8-6-16)23-32-14-36(35-23)18-9-11-19(12-10-18)39-26(29,30)31/h2-15H,1H3. The number of amidine groups is 1. The van der Waals surface area contributed by atoms with E-state index in [-0.39, 0.29) is 16.9 Å². The van der Waals surface area contributed by atoms with Gasteiger partial charge in [-0.3, -0.25) is 9.69 Å². The van der Waals surface area contributed by atoms with E-state index in [9.17, 15) is 18.0 Å². The van der Waals surface area contributed by atoms with Gasteiger partial charge in [-0.2, -0.15) is 5.10 Å². The predicted molar refractivity (Wildman–Crippen MR) is 150 cm³/mol. The van der Waals surface area contributed by atoms with Gasteiger partial charge in [-0.15, -0.1) is 23.4 Å². The number of aromatic nitrogens is 3. The Labute approximate surface area is 240 Å². The normalized spacial score (nSPS) is 16.9. The first-order valence-electron chi connectivity index (χ1n) is 11.5. The number of benzene rings is 3. The van der Waals surface area contributed by atoms with E-state index in [1.54, 1.807) is 49.4 Å². The van der Waals surface area contributed by atoms with Crippen molar-refractivity contribution < 1.29 is 22.7 Å². The summed E-state index contributed by atoms with van der Waals surface area (Å²) < 4.78 is 42.4. The molecule has 1 amide bonds. The number of anilines is 1. The second-order valence-corrected chi connectivity index (χ2v) is 10.4. The maximum atomic E-state index is 12.8. The SMILES string of the molecule is CC1SC(=NN=Cc2ccc(-c3ncn(-c4ccc(OC(F)(F)F)cc4)n3)cc2)N(c2c(Cl)cccc2Cl)C1=O. The number of carbonyl (C=O) groups excluding carboxylic acids is 1. The van der Waals surface area contributed by atoms with Crippen molar-refractivity contribution in [2.75, 3.05) is 4.90 Å². The van der Waals surface area contributed by atoms with Gasteiger partial charge in [-0.1, -0.05) is 65.3 Å². The Balaban J connectivity index is 1.29. The molecule has 8 nitrogen and oxygen atoms in total. The largest absolute Gasteiger partial charge is 0.573 e. The first-order chi connectivity index (χ1) is 19.1. The van der Waals surface area contributed by atoms with Crippen LogP contribution in [0.3, 0.4) is 0 Å². The molecule has 0 radical (unpaired) electrons. The molecule has 1 fully saturated rings. The molecule has 3 aromatic carbocycles. The number of para-hydroxylation sites is 1. The van der Waals surface area contributed by atoms with E-state index in [1.807, 2.05) is 0 Å². The summed E-state index contributed by atoms with van der Waals surface area (Å²) in [6.45, 7) is 1.77. The average molecular weight is 605 g/mol. The zero-order chi connectivity index (χ0) is 28.4. The molecule has 1 aliphatic rings. The van der Waals surface area contributed by atoms with Crippen LogP contribution in [-0.2, 0) is 4.79 Å². The molecular formula is C26H17Cl2F3N6O2S. The molecule has 4 aromatic rings. The highest BCUT2D eigenvalue weighted by molar-refractivity contribution is 8.16. The first kappa shape index (κ1) is 27.7. The Bertz CT molecular complexity index is 1590. The van der Waals surface area contributed by atoms with Crippen molar-refractivity contribution in [1.29, 1.82) is 0 Å². The molecule has 1 aliphatic heterocycles. The second-order valence-electron chi connectivity index (χ2n) is 8.31. The number of carbonyl (C=O) groups is 1. The van der Waals surface area contributed by atoms with Crippen LogP contribution < -0.4 is 9.64 Å². The topological polar surface area (TPSA) is 85.0 Å². The van der Waals surface area contributed by atoms with Gasteiger partial charge >= 0.3 is 6.36 Å². The highest BCUT2D eigenvalue weighted by atomic mass is 35.5. The lowest BCUT2D eigenvalue weighted by Crippen LogP contribution is -2.31. The molecule has 0 aliphatic carbocycles. The van der Waals surface area contributed by atoms with E-state index in [4.69, 9.17) is 23.2 Å². The van der Waals surface area contributed by atoms with Crippen LogP contribution in [-0.4, -0.2) is 43.7 Å². The lowest BCUT2D eigenvalue weighted by Gasteiger charge is -2.18. The second kappa shape index (κ2) is 11.3. The quantitative estimate of drug-likeness (QED) is 0.175. The first-order valence-corrected chi connectivity index (χ1v) is 13.2. The van der Waals surface area contributed by atoms with Gasteiger partial charge < -0.3 is 4.74 Å². The van der Waals surface area contributed by atoms with Crippen LogP contribution in [0.15, 0.2) is 83.3 Å². The summed E-state index contributed by atoms with van der Waals surface area (Å²) in [5.41, 5.74) is 2.33. The monoisotopic (exact) mass is 604 g/mol. The highest BCUT2D eigenvalue weighted by Gasteiger charge is 2.38. The summed E-state index contributed by atoms with van der Waals surface area (Å²) in [5.74, 6) is -0.107. The van der Waals surface area contributed by atoms with Gasteiger partial charge in [0.2, 0.25) is 5.91 Å². The zero-order valence-corrected chi connectivity index (χ0v) is 22.7. The van der Waals surface area contributed by atoms with E-state index < -0.39 is 6.36 Å². The van der Waals surface area contributed by atoms with Crippen LogP contribution in [0, 0.1) is 0 Å². The van der Waals surface area contributed by atoms with Crippen molar-refractivity contribution in [2.45, 2.75) is 18.5 Å². The summed E-state index contributed by atoms with van der Waals surface area (Å²) in [7, 11) is 0. The van der Waals surface area contributed by atoms with Crippen molar-refractivity contribution in [3.05, 3.63) is 88.7 Å². The smallest absolute Gasteiger partial charge is 0.406 e. The Morgan fingerprint density at radius 3 is 2.35 bits per heavy atom. The van der Waals surface area contributed by atoms with Gasteiger partial charge in [0.15, 0.2) is 11.0 Å². The predicted octanol–water partition coefficient (Wildman–Crippen LogP) is 7.00. The third-order valence-corrected chi connectivity index (χ3v) is 7.19. The highest BCUT2D eigenvalue weighted by Crippen LogP contribution is 2.40. The van der Waals surface area contributed by atoms with Gasteiger partial charge in [0.25, 0.3) is 0 Å². The van der Waals surface area contributed by atoms with Crippen molar-refractivity contribution >= 4 is 57.9 Å². The van der Waals surface area contributed by atoms with Gasteiger partial charge in [-0.05, 0) is 48.9 Å². The molecule has 1 atom stereocenters. The van der Waals surface area contributed by atoms with Gasteiger partial charge in [0, 0.05) is 5.56 Å². The fraction of sp³-hybridized carbons (Fsp3) is 0.115. The van der Waals surface area contributed by atoms with E-state index in [0.717, 1.165) is 5.56 Å². The van der Waals surface area contributed by atoms with Crippen LogP contribution in [0.4, 0.5) is 18.9 Å². The van der Waals surface area contributed by atoms with Gasteiger partial charge in [0.1, 0.15) is 12.1 Å². The number of hydrogen-bond acceptors (Lipinski definition) is 7.